The van der Waals surface area contributed by atoms with Gasteiger partial charge in [-0.05, 0) is 53.0 Å². The van der Waals surface area contributed by atoms with Crippen LogP contribution in [-0.2, 0) is 0 Å². The highest BCUT2D eigenvalue weighted by Crippen LogP contribution is 2.51. The van der Waals surface area contributed by atoms with Crippen molar-refractivity contribution in [1.29, 1.82) is 0 Å². The fourth-order valence-electron chi connectivity index (χ4n) is 3.57. The number of nitrogens with two attached hydrogens (primary N) is 1. The molecule has 1 saturated carbocycles. The highest BCUT2D eigenvalue weighted by atomic mass is 32.1. The van der Waals surface area contributed by atoms with Crippen LogP contribution in [0, 0.1) is 11.3 Å². The highest BCUT2D eigenvalue weighted by Gasteiger charge is 2.41. The monoisotopic (exact) mass is 252 g/mol. The van der Waals surface area contributed by atoms with Crippen molar-refractivity contribution in [1.82, 2.24) is 5.43 Å². The maximum Gasteiger partial charge on any atom is 0.0524 e. The van der Waals surface area contributed by atoms with Gasteiger partial charge in [-0.2, -0.15) is 11.3 Å². The van der Waals surface area contributed by atoms with E-state index in [0.29, 0.717) is 11.5 Å². The van der Waals surface area contributed by atoms with E-state index in [9.17, 15) is 0 Å². The van der Waals surface area contributed by atoms with Crippen molar-refractivity contribution in [3.63, 3.8) is 0 Å². The Labute approximate surface area is 109 Å². The summed E-state index contributed by atoms with van der Waals surface area (Å²) in [6, 6.07) is 2.55. The van der Waals surface area contributed by atoms with Crippen LogP contribution in [0.2, 0.25) is 0 Å². The van der Waals surface area contributed by atoms with Gasteiger partial charge in [0.1, 0.15) is 0 Å². The lowest BCUT2D eigenvalue weighted by Crippen LogP contribution is -2.40. The molecular formula is C14H24N2S. The van der Waals surface area contributed by atoms with Crippen LogP contribution in [0.3, 0.4) is 0 Å². The van der Waals surface area contributed by atoms with Crippen LogP contribution in [0.1, 0.15) is 57.6 Å². The smallest absolute Gasteiger partial charge is 0.0524 e. The zero-order valence-electron chi connectivity index (χ0n) is 10.9. The Morgan fingerprint density at radius 2 is 2.12 bits per heavy atom. The minimum absolute atomic E-state index is 0.332. The standard InChI is InChI=1S/C14H24N2S/c1-11(2)9-14(6-3-4-7-14)13(16-15)12-5-8-17-10-12/h5,8,10-11,13,16H,3-4,6-7,9,15H2,1-2H3. The number of nitrogens with one attached hydrogen (secondary N) is 1. The molecular weight excluding hydrogens is 228 g/mol. The predicted octanol–water partition coefficient (Wildman–Crippen LogP) is 3.86. The average molecular weight is 252 g/mol. The van der Waals surface area contributed by atoms with E-state index in [0.717, 1.165) is 5.92 Å². The van der Waals surface area contributed by atoms with Crippen LogP contribution in [0.15, 0.2) is 16.8 Å². The van der Waals surface area contributed by atoms with E-state index in [1.54, 1.807) is 11.3 Å². The Balaban J connectivity index is 2.24. The van der Waals surface area contributed by atoms with E-state index >= 15 is 0 Å². The third kappa shape index (κ3) is 2.72. The molecule has 1 fully saturated rings. The summed E-state index contributed by atoms with van der Waals surface area (Å²) in [7, 11) is 0. The minimum Gasteiger partial charge on any atom is -0.271 e. The maximum atomic E-state index is 5.86. The second-order valence-electron chi connectivity index (χ2n) is 5.82. The molecule has 2 rings (SSSR count). The Kier molecular flexibility index (Phi) is 4.23. The van der Waals surface area contributed by atoms with Crippen molar-refractivity contribution >= 4 is 11.3 Å². The average Bonchev–Trinajstić information content (AvgIpc) is 2.90. The molecule has 1 heterocycles. The van der Waals surface area contributed by atoms with Crippen LogP contribution in [0.4, 0.5) is 0 Å². The van der Waals surface area contributed by atoms with E-state index < -0.39 is 0 Å². The van der Waals surface area contributed by atoms with Gasteiger partial charge in [-0.15, -0.1) is 0 Å². The summed E-state index contributed by atoms with van der Waals surface area (Å²) in [5.41, 5.74) is 4.85. The van der Waals surface area contributed by atoms with Crippen LogP contribution in [0.25, 0.3) is 0 Å². The Bertz CT molecular complexity index is 326. The Morgan fingerprint density at radius 1 is 1.41 bits per heavy atom. The molecule has 1 unspecified atom stereocenters. The van der Waals surface area contributed by atoms with Crippen molar-refractivity contribution in [2.75, 3.05) is 0 Å². The van der Waals surface area contributed by atoms with Crippen molar-refractivity contribution in [2.45, 2.75) is 52.0 Å². The third-order valence-electron chi connectivity index (χ3n) is 4.07. The van der Waals surface area contributed by atoms with Crippen LogP contribution in [-0.4, -0.2) is 0 Å². The Hall–Kier alpha value is -0.380. The molecule has 3 heteroatoms. The topological polar surface area (TPSA) is 38.0 Å². The number of hydrogen-bond donors (Lipinski definition) is 2. The van der Waals surface area contributed by atoms with E-state index in [-0.39, 0.29) is 0 Å². The number of rotatable bonds is 5. The first kappa shape index (κ1) is 13.1. The lowest BCUT2D eigenvalue weighted by atomic mass is 9.71. The van der Waals surface area contributed by atoms with E-state index in [1.807, 2.05) is 0 Å². The van der Waals surface area contributed by atoms with Gasteiger partial charge in [-0.3, -0.25) is 11.3 Å². The fourth-order valence-corrected chi connectivity index (χ4v) is 4.25. The molecule has 0 aromatic carbocycles. The van der Waals surface area contributed by atoms with Gasteiger partial charge in [-0.1, -0.05) is 26.7 Å². The molecule has 3 N–H and O–H groups in total. The molecule has 1 aromatic rings. The maximum absolute atomic E-state index is 5.86. The van der Waals surface area contributed by atoms with Crippen molar-refractivity contribution in [3.05, 3.63) is 22.4 Å². The summed E-state index contributed by atoms with van der Waals surface area (Å²) < 4.78 is 0. The molecule has 1 atom stereocenters. The summed E-state index contributed by atoms with van der Waals surface area (Å²) in [6.45, 7) is 4.64. The van der Waals surface area contributed by atoms with Gasteiger partial charge in [0, 0.05) is 0 Å². The molecule has 1 aliphatic rings. The molecule has 1 aliphatic carbocycles. The summed E-state index contributed by atoms with van der Waals surface area (Å²) >= 11 is 1.76. The lowest BCUT2D eigenvalue weighted by Gasteiger charge is -2.38. The highest BCUT2D eigenvalue weighted by molar-refractivity contribution is 7.07. The summed E-state index contributed by atoms with van der Waals surface area (Å²) in [5, 5.41) is 4.39. The Morgan fingerprint density at radius 3 is 2.59 bits per heavy atom. The van der Waals surface area contributed by atoms with E-state index in [1.165, 1.54) is 37.7 Å². The van der Waals surface area contributed by atoms with Crippen LogP contribution >= 0.6 is 11.3 Å². The van der Waals surface area contributed by atoms with Gasteiger partial charge in [-0.25, -0.2) is 0 Å². The van der Waals surface area contributed by atoms with Gasteiger partial charge >= 0.3 is 0 Å². The zero-order valence-corrected chi connectivity index (χ0v) is 11.7. The molecule has 0 saturated heterocycles. The van der Waals surface area contributed by atoms with Crippen LogP contribution < -0.4 is 11.3 Å². The van der Waals surface area contributed by atoms with Crippen molar-refractivity contribution in [3.8, 4) is 0 Å². The van der Waals surface area contributed by atoms with Gasteiger partial charge in [0.05, 0.1) is 6.04 Å². The number of hydrazine groups is 1. The molecule has 1 aromatic heterocycles. The van der Waals surface area contributed by atoms with Crippen molar-refractivity contribution < 1.29 is 0 Å². The first-order chi connectivity index (χ1) is 8.18. The third-order valence-corrected chi connectivity index (χ3v) is 4.77. The number of hydrogen-bond acceptors (Lipinski definition) is 3. The largest absolute Gasteiger partial charge is 0.271 e. The first-order valence-electron chi connectivity index (χ1n) is 6.66. The van der Waals surface area contributed by atoms with Gasteiger partial charge in [0.25, 0.3) is 0 Å². The van der Waals surface area contributed by atoms with Gasteiger partial charge in [0.15, 0.2) is 0 Å². The quantitative estimate of drug-likeness (QED) is 0.617. The van der Waals surface area contributed by atoms with Crippen molar-refractivity contribution in [2.24, 2.45) is 17.2 Å². The second-order valence-corrected chi connectivity index (χ2v) is 6.60. The minimum atomic E-state index is 0.332. The normalized spacial score (nSPS) is 20.9. The molecule has 96 valence electrons. The van der Waals surface area contributed by atoms with E-state index in [2.05, 4.69) is 36.1 Å². The molecule has 17 heavy (non-hydrogen) atoms. The first-order valence-corrected chi connectivity index (χ1v) is 7.60. The summed E-state index contributed by atoms with van der Waals surface area (Å²) in [6.07, 6.45) is 6.62. The molecule has 0 spiro atoms. The predicted molar refractivity (Wildman–Crippen MR) is 74.7 cm³/mol. The lowest BCUT2D eigenvalue weighted by molar-refractivity contribution is 0.156. The summed E-state index contributed by atoms with van der Waals surface area (Å²) in [5.74, 6) is 6.60. The summed E-state index contributed by atoms with van der Waals surface area (Å²) in [4.78, 5) is 0. The number of thiophene rings is 1. The molecule has 0 aliphatic heterocycles. The van der Waals surface area contributed by atoms with Gasteiger partial charge in [0.2, 0.25) is 0 Å². The SMILES string of the molecule is CC(C)CC1(C(NN)c2ccsc2)CCCC1. The van der Waals surface area contributed by atoms with Gasteiger partial charge < -0.3 is 0 Å². The van der Waals surface area contributed by atoms with Crippen LogP contribution in [0.5, 0.6) is 0 Å². The molecule has 2 nitrogen and oxygen atoms in total. The van der Waals surface area contributed by atoms with E-state index in [4.69, 9.17) is 5.84 Å². The zero-order chi connectivity index (χ0) is 12.3. The molecule has 0 amide bonds. The molecule has 0 radical (unpaired) electrons. The fraction of sp³-hybridized carbons (Fsp3) is 0.714. The second kappa shape index (κ2) is 5.51. The molecule has 0 bridgehead atoms.